The van der Waals surface area contributed by atoms with Gasteiger partial charge < -0.3 is 14.6 Å². The van der Waals surface area contributed by atoms with Crippen molar-refractivity contribution in [2.75, 3.05) is 19.8 Å². The molecule has 1 aliphatic heterocycles. The average molecular weight is 304 g/mol. The molecular weight excluding hydrogens is 287 g/mol. The number of hydrogen-bond acceptors (Lipinski definition) is 2. The Morgan fingerprint density at radius 2 is 2.14 bits per heavy atom. The van der Waals surface area contributed by atoms with Crippen molar-refractivity contribution in [1.82, 2.24) is 9.47 Å². The normalized spacial score (nSPS) is 21.5. The van der Waals surface area contributed by atoms with Gasteiger partial charge in [0.05, 0.1) is 0 Å². The van der Waals surface area contributed by atoms with Gasteiger partial charge >= 0.3 is 5.97 Å². The standard InChI is InChI=1S/C16H17FN2O3/c1-18-7-5-11-12(3-2-4-13(11)18)14(20)19-8-6-16(9-17,10-19)15(21)22/h2-5,7H,6,8-10H2,1H3,(H,21,22). The molecule has 1 aromatic heterocycles. The van der Waals surface area contributed by atoms with E-state index >= 15 is 0 Å². The fourth-order valence-corrected chi connectivity index (χ4v) is 3.05. The number of carbonyl (C=O) groups is 2. The molecule has 0 radical (unpaired) electrons. The van der Waals surface area contributed by atoms with E-state index in [0.29, 0.717) is 5.56 Å². The first-order valence-corrected chi connectivity index (χ1v) is 7.11. The van der Waals surface area contributed by atoms with Gasteiger partial charge in [-0.1, -0.05) is 6.07 Å². The third kappa shape index (κ3) is 2.06. The van der Waals surface area contributed by atoms with Crippen molar-refractivity contribution >= 4 is 22.8 Å². The van der Waals surface area contributed by atoms with Gasteiger partial charge in [-0.2, -0.15) is 0 Å². The first kappa shape index (κ1) is 14.6. The molecule has 5 nitrogen and oxygen atoms in total. The van der Waals surface area contributed by atoms with Crippen molar-refractivity contribution in [3.8, 4) is 0 Å². The van der Waals surface area contributed by atoms with Crippen molar-refractivity contribution in [3.63, 3.8) is 0 Å². The van der Waals surface area contributed by atoms with Crippen molar-refractivity contribution in [2.45, 2.75) is 6.42 Å². The lowest BCUT2D eigenvalue weighted by Gasteiger charge is -2.21. The van der Waals surface area contributed by atoms with Crippen LogP contribution in [0.25, 0.3) is 10.9 Å². The minimum absolute atomic E-state index is 0.0825. The lowest BCUT2D eigenvalue weighted by Crippen LogP contribution is -2.38. The van der Waals surface area contributed by atoms with E-state index in [2.05, 4.69) is 0 Å². The van der Waals surface area contributed by atoms with Crippen LogP contribution in [0.5, 0.6) is 0 Å². The molecule has 1 aromatic carbocycles. The number of rotatable bonds is 3. The summed E-state index contributed by atoms with van der Waals surface area (Å²) in [5, 5.41) is 10.0. The van der Waals surface area contributed by atoms with Gasteiger partial charge in [0, 0.05) is 42.8 Å². The Kier molecular flexibility index (Phi) is 3.39. The highest BCUT2D eigenvalue weighted by molar-refractivity contribution is 6.06. The molecule has 0 spiro atoms. The third-order valence-corrected chi connectivity index (χ3v) is 4.51. The maximum Gasteiger partial charge on any atom is 0.314 e. The van der Waals surface area contributed by atoms with Crippen molar-refractivity contribution in [2.24, 2.45) is 12.5 Å². The van der Waals surface area contributed by atoms with E-state index in [4.69, 9.17) is 0 Å². The van der Waals surface area contributed by atoms with Crippen LogP contribution in [0.3, 0.4) is 0 Å². The second-order valence-electron chi connectivity index (χ2n) is 5.86. The van der Waals surface area contributed by atoms with Crippen LogP contribution >= 0.6 is 0 Å². The molecule has 22 heavy (non-hydrogen) atoms. The number of hydrogen-bond donors (Lipinski definition) is 1. The minimum atomic E-state index is -1.46. The highest BCUT2D eigenvalue weighted by atomic mass is 19.1. The average Bonchev–Trinajstić information content (AvgIpc) is 3.12. The molecule has 1 fully saturated rings. The number of alkyl halides is 1. The van der Waals surface area contributed by atoms with Gasteiger partial charge in [-0.3, -0.25) is 9.59 Å². The van der Waals surface area contributed by atoms with E-state index in [-0.39, 0.29) is 25.4 Å². The Morgan fingerprint density at radius 1 is 1.36 bits per heavy atom. The monoisotopic (exact) mass is 304 g/mol. The summed E-state index contributed by atoms with van der Waals surface area (Å²) in [5.41, 5.74) is -0.00144. The second kappa shape index (κ2) is 5.12. The lowest BCUT2D eigenvalue weighted by atomic mass is 9.89. The van der Waals surface area contributed by atoms with E-state index in [1.165, 1.54) is 4.90 Å². The smallest absolute Gasteiger partial charge is 0.314 e. The number of carboxylic acids is 1. The van der Waals surface area contributed by atoms with Crippen molar-refractivity contribution < 1.29 is 19.1 Å². The minimum Gasteiger partial charge on any atom is -0.481 e. The Morgan fingerprint density at radius 3 is 2.77 bits per heavy atom. The molecule has 116 valence electrons. The number of likely N-dealkylation sites (tertiary alicyclic amines) is 1. The Labute approximate surface area is 126 Å². The molecule has 1 N–H and O–H groups in total. The number of benzene rings is 1. The molecule has 2 aromatic rings. The summed E-state index contributed by atoms with van der Waals surface area (Å²) in [4.78, 5) is 25.4. The topological polar surface area (TPSA) is 62.5 Å². The van der Waals surface area contributed by atoms with E-state index in [1.54, 1.807) is 12.1 Å². The molecule has 0 aliphatic carbocycles. The quantitative estimate of drug-likeness (QED) is 0.944. The maximum atomic E-state index is 13.2. The van der Waals surface area contributed by atoms with Gasteiger partial charge in [0.1, 0.15) is 12.1 Å². The highest BCUT2D eigenvalue weighted by Gasteiger charge is 2.46. The zero-order valence-corrected chi connectivity index (χ0v) is 12.3. The molecule has 1 unspecified atom stereocenters. The number of aryl methyl sites for hydroxylation is 1. The van der Waals surface area contributed by atoms with E-state index in [9.17, 15) is 19.1 Å². The van der Waals surface area contributed by atoms with Crippen LogP contribution in [0.15, 0.2) is 30.5 Å². The fraction of sp³-hybridized carbons (Fsp3) is 0.375. The summed E-state index contributed by atoms with van der Waals surface area (Å²) >= 11 is 0. The summed E-state index contributed by atoms with van der Waals surface area (Å²) in [6, 6.07) is 7.30. The predicted octanol–water partition coefficient (Wildman–Crippen LogP) is 2.06. The van der Waals surface area contributed by atoms with Gasteiger partial charge in [0.15, 0.2) is 0 Å². The number of fused-ring (bicyclic) bond motifs is 1. The molecule has 1 amide bonds. The van der Waals surface area contributed by atoms with Crippen LogP contribution in [-0.2, 0) is 11.8 Å². The first-order valence-electron chi connectivity index (χ1n) is 7.11. The maximum absolute atomic E-state index is 13.2. The second-order valence-corrected chi connectivity index (χ2v) is 5.86. The molecule has 0 bridgehead atoms. The van der Waals surface area contributed by atoms with Gasteiger partial charge in [-0.25, -0.2) is 4.39 Å². The summed E-state index contributed by atoms with van der Waals surface area (Å²) < 4.78 is 15.1. The molecule has 1 atom stereocenters. The molecule has 0 saturated carbocycles. The molecule has 2 heterocycles. The van der Waals surface area contributed by atoms with Gasteiger partial charge in [-0.15, -0.1) is 0 Å². The Hall–Kier alpha value is -2.37. The van der Waals surface area contributed by atoms with Crippen LogP contribution in [0.4, 0.5) is 4.39 Å². The van der Waals surface area contributed by atoms with Crippen LogP contribution in [0.2, 0.25) is 0 Å². The number of aliphatic carboxylic acids is 1. The SMILES string of the molecule is Cn1ccc2c(C(=O)N3CCC(CF)(C(=O)O)C3)cccc21. The van der Waals surface area contributed by atoms with Gasteiger partial charge in [0.25, 0.3) is 5.91 Å². The number of carboxylic acid groups (broad SMARTS) is 1. The third-order valence-electron chi connectivity index (χ3n) is 4.51. The fourth-order valence-electron chi connectivity index (χ4n) is 3.05. The van der Waals surface area contributed by atoms with Crippen molar-refractivity contribution in [3.05, 3.63) is 36.0 Å². The zero-order valence-electron chi connectivity index (χ0n) is 12.3. The van der Waals surface area contributed by atoms with Gasteiger partial charge in [-0.05, 0) is 24.6 Å². The molecular formula is C16H17FN2O3. The van der Waals surface area contributed by atoms with Crippen molar-refractivity contribution in [1.29, 1.82) is 0 Å². The molecule has 3 rings (SSSR count). The summed E-state index contributed by atoms with van der Waals surface area (Å²) in [7, 11) is 1.89. The lowest BCUT2D eigenvalue weighted by molar-refractivity contribution is -0.149. The summed E-state index contributed by atoms with van der Waals surface area (Å²) in [5.74, 6) is -1.42. The first-order chi connectivity index (χ1) is 10.5. The van der Waals surface area contributed by atoms with Crippen LogP contribution in [0.1, 0.15) is 16.8 Å². The number of aromatic nitrogens is 1. The van der Waals surface area contributed by atoms with E-state index in [0.717, 1.165) is 10.9 Å². The Balaban J connectivity index is 1.93. The van der Waals surface area contributed by atoms with E-state index < -0.39 is 18.1 Å². The van der Waals surface area contributed by atoms with Gasteiger partial charge in [0.2, 0.25) is 0 Å². The molecule has 6 heteroatoms. The number of nitrogens with zero attached hydrogens (tertiary/aromatic N) is 2. The van der Waals surface area contributed by atoms with Crippen LogP contribution in [-0.4, -0.2) is 46.2 Å². The van der Waals surface area contributed by atoms with Crippen LogP contribution < -0.4 is 0 Å². The van der Waals surface area contributed by atoms with E-state index in [1.807, 2.05) is 29.9 Å². The molecule has 1 saturated heterocycles. The number of halogens is 1. The predicted molar refractivity (Wildman–Crippen MR) is 79.5 cm³/mol. The molecule has 1 aliphatic rings. The van der Waals surface area contributed by atoms with Crippen LogP contribution in [0, 0.1) is 5.41 Å². The summed E-state index contributed by atoms with van der Waals surface area (Å²) in [6.45, 7) is -0.777. The Bertz CT molecular complexity index is 755. The number of carbonyl (C=O) groups excluding carboxylic acids is 1. The highest BCUT2D eigenvalue weighted by Crippen LogP contribution is 2.33. The summed E-state index contributed by atoms with van der Waals surface area (Å²) in [6.07, 6.45) is 2.02. The zero-order chi connectivity index (χ0) is 15.9. The largest absolute Gasteiger partial charge is 0.481 e. The number of amides is 1.